The first kappa shape index (κ1) is 18.4. The summed E-state index contributed by atoms with van der Waals surface area (Å²) in [5, 5.41) is 10.2. The number of benzene rings is 2. The van der Waals surface area contributed by atoms with E-state index in [-0.39, 0.29) is 5.75 Å². The molecular formula is C21H26N4O3. The number of hydrogen-bond donors (Lipinski definition) is 2. The third-order valence-corrected chi connectivity index (χ3v) is 5.38. The van der Waals surface area contributed by atoms with Gasteiger partial charge in [-0.25, -0.2) is 4.98 Å². The van der Waals surface area contributed by atoms with Gasteiger partial charge in [0.15, 0.2) is 11.5 Å². The number of piperazine rings is 1. The molecule has 28 heavy (non-hydrogen) atoms. The molecule has 1 aliphatic rings. The molecule has 1 aliphatic heterocycles. The van der Waals surface area contributed by atoms with Crippen molar-refractivity contribution < 1.29 is 14.6 Å². The summed E-state index contributed by atoms with van der Waals surface area (Å²) in [7, 11) is 5.19. The molecule has 7 nitrogen and oxygen atoms in total. The lowest BCUT2D eigenvalue weighted by Gasteiger charge is -2.34. The number of aromatic hydroxyl groups is 1. The van der Waals surface area contributed by atoms with Crippen LogP contribution in [-0.4, -0.2) is 67.4 Å². The number of phenolic OH excluding ortho intramolecular Hbond substituents is 1. The summed E-state index contributed by atoms with van der Waals surface area (Å²) >= 11 is 0. The van der Waals surface area contributed by atoms with E-state index in [1.54, 1.807) is 12.1 Å². The largest absolute Gasteiger partial charge is 0.502 e. The van der Waals surface area contributed by atoms with Gasteiger partial charge in [-0.3, -0.25) is 0 Å². The maximum absolute atomic E-state index is 10.2. The molecule has 0 radical (unpaired) electrons. The summed E-state index contributed by atoms with van der Waals surface area (Å²) < 4.78 is 10.5. The van der Waals surface area contributed by atoms with Gasteiger partial charge < -0.3 is 29.4 Å². The predicted molar refractivity (Wildman–Crippen MR) is 111 cm³/mol. The first-order chi connectivity index (χ1) is 13.5. The second-order valence-corrected chi connectivity index (χ2v) is 7.26. The number of aromatic nitrogens is 2. The van der Waals surface area contributed by atoms with Crippen molar-refractivity contribution in [1.82, 2.24) is 14.9 Å². The highest BCUT2D eigenvalue weighted by molar-refractivity contribution is 5.86. The second-order valence-electron chi connectivity index (χ2n) is 7.26. The summed E-state index contributed by atoms with van der Waals surface area (Å²) in [6.07, 6.45) is 0. The Morgan fingerprint density at radius 2 is 1.64 bits per heavy atom. The Morgan fingerprint density at radius 1 is 1.00 bits per heavy atom. The molecule has 0 saturated carbocycles. The topological polar surface area (TPSA) is 73.9 Å². The quantitative estimate of drug-likeness (QED) is 0.723. The number of nitrogens with zero attached hydrogens (tertiary/aromatic N) is 3. The average Bonchev–Trinajstić information content (AvgIpc) is 3.13. The highest BCUT2D eigenvalue weighted by Gasteiger charge is 2.18. The maximum Gasteiger partial charge on any atom is 0.200 e. The van der Waals surface area contributed by atoms with E-state index in [1.807, 2.05) is 0 Å². The van der Waals surface area contributed by atoms with E-state index in [0.29, 0.717) is 17.3 Å². The number of aryl methyl sites for hydroxylation is 1. The van der Waals surface area contributed by atoms with Crippen molar-refractivity contribution in [3.05, 3.63) is 29.8 Å². The van der Waals surface area contributed by atoms with Crippen molar-refractivity contribution in [1.29, 1.82) is 0 Å². The van der Waals surface area contributed by atoms with Crippen molar-refractivity contribution in [2.24, 2.45) is 0 Å². The Hall–Kier alpha value is -2.93. The Bertz CT molecular complexity index is 981. The lowest BCUT2D eigenvalue weighted by Crippen LogP contribution is -2.44. The minimum absolute atomic E-state index is 0.0154. The third kappa shape index (κ3) is 3.22. The zero-order valence-electron chi connectivity index (χ0n) is 16.7. The average molecular weight is 382 g/mol. The summed E-state index contributed by atoms with van der Waals surface area (Å²) in [6, 6.07) is 7.88. The van der Waals surface area contributed by atoms with Crippen molar-refractivity contribution >= 4 is 16.7 Å². The molecule has 1 saturated heterocycles. The second kappa shape index (κ2) is 7.24. The molecule has 0 spiro atoms. The minimum Gasteiger partial charge on any atom is -0.502 e. The summed E-state index contributed by atoms with van der Waals surface area (Å²) in [4.78, 5) is 13.0. The van der Waals surface area contributed by atoms with Gasteiger partial charge in [0.05, 0.1) is 25.3 Å². The Balaban J connectivity index is 1.75. The van der Waals surface area contributed by atoms with Crippen LogP contribution in [-0.2, 0) is 0 Å². The van der Waals surface area contributed by atoms with Crippen molar-refractivity contribution in [2.45, 2.75) is 6.92 Å². The molecule has 3 aromatic rings. The number of hydrogen-bond acceptors (Lipinski definition) is 6. The minimum atomic E-state index is -0.0154. The fourth-order valence-electron chi connectivity index (χ4n) is 3.69. The summed E-state index contributed by atoms with van der Waals surface area (Å²) in [5.74, 6) is 1.40. The summed E-state index contributed by atoms with van der Waals surface area (Å²) in [6.45, 7) is 6.27. The number of phenols is 1. The van der Waals surface area contributed by atoms with Gasteiger partial charge >= 0.3 is 0 Å². The van der Waals surface area contributed by atoms with Gasteiger partial charge in [-0.15, -0.1) is 0 Å². The lowest BCUT2D eigenvalue weighted by atomic mass is 10.1. The van der Waals surface area contributed by atoms with E-state index in [2.05, 4.69) is 40.9 Å². The van der Waals surface area contributed by atoms with Crippen LogP contribution in [0.3, 0.4) is 0 Å². The van der Waals surface area contributed by atoms with Crippen molar-refractivity contribution in [2.75, 3.05) is 52.3 Å². The smallest absolute Gasteiger partial charge is 0.200 e. The molecule has 2 heterocycles. The molecular weight excluding hydrogens is 356 g/mol. The number of anilines is 1. The molecule has 0 atom stereocenters. The number of methoxy groups -OCH3 is 2. The molecule has 4 rings (SSSR count). The van der Waals surface area contributed by atoms with E-state index in [4.69, 9.17) is 14.5 Å². The molecule has 2 aromatic carbocycles. The van der Waals surface area contributed by atoms with Crippen LogP contribution in [0, 0.1) is 6.92 Å². The van der Waals surface area contributed by atoms with E-state index in [9.17, 15) is 5.11 Å². The van der Waals surface area contributed by atoms with E-state index < -0.39 is 0 Å². The zero-order valence-corrected chi connectivity index (χ0v) is 16.7. The molecule has 148 valence electrons. The van der Waals surface area contributed by atoms with Crippen LogP contribution in [0.1, 0.15) is 5.56 Å². The zero-order chi connectivity index (χ0) is 19.8. The van der Waals surface area contributed by atoms with Gasteiger partial charge in [0.2, 0.25) is 5.75 Å². The highest BCUT2D eigenvalue weighted by Crippen LogP contribution is 2.40. The van der Waals surface area contributed by atoms with E-state index in [0.717, 1.165) is 48.3 Å². The molecule has 1 aromatic heterocycles. The Morgan fingerprint density at radius 3 is 2.25 bits per heavy atom. The fraction of sp³-hybridized carbons (Fsp3) is 0.381. The molecule has 7 heteroatoms. The lowest BCUT2D eigenvalue weighted by molar-refractivity contribution is 0.313. The Kier molecular flexibility index (Phi) is 4.77. The maximum atomic E-state index is 10.2. The predicted octanol–water partition coefficient (Wildman–Crippen LogP) is 3.01. The van der Waals surface area contributed by atoms with E-state index in [1.165, 1.54) is 19.9 Å². The van der Waals surface area contributed by atoms with Gasteiger partial charge in [-0.05, 0) is 43.8 Å². The molecule has 0 bridgehead atoms. The monoisotopic (exact) mass is 382 g/mol. The van der Waals surface area contributed by atoms with E-state index >= 15 is 0 Å². The van der Waals surface area contributed by atoms with Gasteiger partial charge in [-0.2, -0.15) is 0 Å². The first-order valence-corrected chi connectivity index (χ1v) is 9.39. The summed E-state index contributed by atoms with van der Waals surface area (Å²) in [5.41, 5.74) is 5.08. The number of ether oxygens (including phenoxy) is 2. The number of aromatic amines is 1. The number of nitrogens with one attached hydrogen (secondary N) is 1. The van der Waals surface area contributed by atoms with Crippen LogP contribution in [0.5, 0.6) is 17.2 Å². The van der Waals surface area contributed by atoms with Gasteiger partial charge in [0, 0.05) is 37.4 Å². The molecule has 1 fully saturated rings. The molecule has 2 N–H and O–H groups in total. The van der Waals surface area contributed by atoms with Crippen LogP contribution in [0.2, 0.25) is 0 Å². The van der Waals surface area contributed by atoms with Crippen LogP contribution in [0.15, 0.2) is 24.3 Å². The van der Waals surface area contributed by atoms with Gasteiger partial charge in [0.25, 0.3) is 0 Å². The van der Waals surface area contributed by atoms with Gasteiger partial charge in [0.1, 0.15) is 5.82 Å². The Labute approximate surface area is 164 Å². The SMILES string of the molecule is COc1cc(-c2nc3c(C)cc(N4CCN(C)CC4)cc3[nH]2)cc(OC)c1O. The van der Waals surface area contributed by atoms with Crippen LogP contribution < -0.4 is 14.4 Å². The number of fused-ring (bicyclic) bond motifs is 1. The standard InChI is InChI=1S/C21H26N4O3/c1-13-9-15(25-7-5-24(2)6-8-25)12-16-19(13)23-21(22-16)14-10-17(27-3)20(26)18(11-14)28-4/h9-12,26H,5-8H2,1-4H3,(H,22,23). The van der Waals surface area contributed by atoms with Crippen LogP contribution in [0.25, 0.3) is 22.4 Å². The molecule has 0 amide bonds. The number of H-pyrrole nitrogens is 1. The molecule has 0 aliphatic carbocycles. The van der Waals surface area contributed by atoms with Crippen molar-refractivity contribution in [3.63, 3.8) is 0 Å². The fourth-order valence-corrected chi connectivity index (χ4v) is 3.69. The first-order valence-electron chi connectivity index (χ1n) is 9.39. The van der Waals surface area contributed by atoms with Crippen LogP contribution >= 0.6 is 0 Å². The highest BCUT2D eigenvalue weighted by atomic mass is 16.5. The number of likely N-dealkylation sites (N-methyl/N-ethyl adjacent to an activating group) is 1. The molecule has 0 unspecified atom stereocenters. The number of rotatable bonds is 4. The van der Waals surface area contributed by atoms with Crippen molar-refractivity contribution in [3.8, 4) is 28.6 Å². The third-order valence-electron chi connectivity index (χ3n) is 5.38. The van der Waals surface area contributed by atoms with Crippen LogP contribution in [0.4, 0.5) is 5.69 Å². The normalized spacial score (nSPS) is 15.2. The van der Waals surface area contributed by atoms with Gasteiger partial charge in [-0.1, -0.05) is 0 Å². The number of imidazole rings is 1.